The van der Waals surface area contributed by atoms with Crippen molar-refractivity contribution >= 4 is 29.1 Å². The van der Waals surface area contributed by atoms with Crippen LogP contribution in [0.5, 0.6) is 0 Å². The van der Waals surface area contributed by atoms with Crippen LogP contribution in [0.4, 0.5) is 0 Å². The molecule has 3 aromatic rings. The Hall–Kier alpha value is -2.30. The van der Waals surface area contributed by atoms with Crippen molar-refractivity contribution in [2.45, 2.75) is 19.0 Å². The van der Waals surface area contributed by atoms with Crippen molar-refractivity contribution in [2.24, 2.45) is 7.05 Å². The number of carbonyl (C=O) groups excluding carboxylic acids is 1. The maximum absolute atomic E-state index is 13.0. The van der Waals surface area contributed by atoms with Crippen LogP contribution in [0.2, 0.25) is 10.0 Å². The van der Waals surface area contributed by atoms with Gasteiger partial charge in [-0.25, -0.2) is 0 Å². The summed E-state index contributed by atoms with van der Waals surface area (Å²) in [5.41, 5.74) is 3.74. The van der Waals surface area contributed by atoms with Gasteiger partial charge in [0.05, 0.1) is 23.0 Å². The molecule has 1 amide bonds. The zero-order valence-electron chi connectivity index (χ0n) is 14.2. The molecule has 1 aliphatic rings. The molecular formula is C20H17Cl2N3O. The molecule has 0 N–H and O–H groups in total. The first-order valence-electron chi connectivity index (χ1n) is 8.35. The van der Waals surface area contributed by atoms with Gasteiger partial charge in [0.25, 0.3) is 5.91 Å². The molecule has 132 valence electrons. The van der Waals surface area contributed by atoms with Gasteiger partial charge in [0.2, 0.25) is 0 Å². The molecule has 0 aliphatic carbocycles. The molecule has 0 saturated heterocycles. The molecule has 0 spiro atoms. The van der Waals surface area contributed by atoms with Crippen LogP contribution >= 0.6 is 23.2 Å². The van der Waals surface area contributed by atoms with Crippen LogP contribution in [0.1, 0.15) is 33.2 Å². The van der Waals surface area contributed by atoms with Gasteiger partial charge in [-0.15, -0.1) is 0 Å². The van der Waals surface area contributed by atoms with E-state index in [0.717, 1.165) is 22.4 Å². The zero-order valence-corrected chi connectivity index (χ0v) is 15.7. The molecule has 0 saturated carbocycles. The summed E-state index contributed by atoms with van der Waals surface area (Å²) in [4.78, 5) is 14.9. The zero-order chi connectivity index (χ0) is 18.3. The molecule has 0 fully saturated rings. The monoisotopic (exact) mass is 385 g/mol. The summed E-state index contributed by atoms with van der Waals surface area (Å²) < 4.78 is 1.77. The van der Waals surface area contributed by atoms with E-state index in [1.165, 1.54) is 0 Å². The largest absolute Gasteiger partial charge is 0.327 e. The Morgan fingerprint density at radius 2 is 1.81 bits per heavy atom. The van der Waals surface area contributed by atoms with Gasteiger partial charge in [0.15, 0.2) is 0 Å². The third-order valence-electron chi connectivity index (χ3n) is 4.85. The SMILES string of the molecule is Cn1ncc(Cl)c1CC1c2ccccc2C(=O)N1Cc1ccc(Cl)cc1. The molecule has 1 aliphatic heterocycles. The van der Waals surface area contributed by atoms with Gasteiger partial charge in [-0.1, -0.05) is 53.5 Å². The van der Waals surface area contributed by atoms with Crippen LogP contribution in [0.15, 0.2) is 54.7 Å². The van der Waals surface area contributed by atoms with Crippen LogP contribution in [0, 0.1) is 0 Å². The summed E-state index contributed by atoms with van der Waals surface area (Å²) in [5, 5.41) is 5.52. The number of hydrogen-bond acceptors (Lipinski definition) is 2. The lowest BCUT2D eigenvalue weighted by molar-refractivity contribution is 0.0708. The highest BCUT2D eigenvalue weighted by atomic mass is 35.5. The van der Waals surface area contributed by atoms with E-state index in [-0.39, 0.29) is 11.9 Å². The molecule has 26 heavy (non-hydrogen) atoms. The number of benzene rings is 2. The molecule has 1 aromatic heterocycles. The van der Waals surface area contributed by atoms with E-state index in [0.29, 0.717) is 23.0 Å². The fraction of sp³-hybridized carbons (Fsp3) is 0.200. The first-order chi connectivity index (χ1) is 12.5. The number of amides is 1. The summed E-state index contributed by atoms with van der Waals surface area (Å²) >= 11 is 12.3. The lowest BCUT2D eigenvalue weighted by Crippen LogP contribution is -2.29. The summed E-state index contributed by atoms with van der Waals surface area (Å²) in [5.74, 6) is 0.0406. The molecule has 4 rings (SSSR count). The molecule has 0 bridgehead atoms. The lowest BCUT2D eigenvalue weighted by Gasteiger charge is -2.26. The van der Waals surface area contributed by atoms with E-state index in [9.17, 15) is 4.79 Å². The number of halogens is 2. The summed E-state index contributed by atoms with van der Waals surface area (Å²) in [6.45, 7) is 0.519. The second-order valence-corrected chi connectivity index (χ2v) is 7.27. The van der Waals surface area contributed by atoms with Gasteiger partial charge >= 0.3 is 0 Å². The third-order valence-corrected chi connectivity index (χ3v) is 5.42. The number of aromatic nitrogens is 2. The highest BCUT2D eigenvalue weighted by Gasteiger charge is 2.37. The van der Waals surface area contributed by atoms with Crippen LogP contribution in [0.3, 0.4) is 0 Å². The van der Waals surface area contributed by atoms with E-state index in [1.807, 2.05) is 60.5 Å². The Morgan fingerprint density at radius 3 is 2.50 bits per heavy atom. The Bertz CT molecular complexity index is 946. The highest BCUT2D eigenvalue weighted by Crippen LogP contribution is 2.38. The number of rotatable bonds is 4. The molecule has 2 heterocycles. The quantitative estimate of drug-likeness (QED) is 0.654. The number of fused-ring (bicyclic) bond motifs is 1. The van der Waals surface area contributed by atoms with E-state index < -0.39 is 0 Å². The predicted octanol–water partition coefficient (Wildman–Crippen LogP) is 4.67. The van der Waals surface area contributed by atoms with Gasteiger partial charge in [0, 0.05) is 30.6 Å². The highest BCUT2D eigenvalue weighted by molar-refractivity contribution is 6.31. The van der Waals surface area contributed by atoms with E-state index >= 15 is 0 Å². The minimum absolute atomic E-state index is 0.0406. The fourth-order valence-electron chi connectivity index (χ4n) is 3.48. The molecule has 1 atom stereocenters. The normalized spacial score (nSPS) is 16.2. The van der Waals surface area contributed by atoms with Gasteiger partial charge < -0.3 is 4.90 Å². The topological polar surface area (TPSA) is 38.1 Å². The van der Waals surface area contributed by atoms with Crippen LogP contribution in [-0.4, -0.2) is 20.6 Å². The van der Waals surface area contributed by atoms with Crippen LogP contribution in [-0.2, 0) is 20.0 Å². The van der Waals surface area contributed by atoms with E-state index in [1.54, 1.807) is 10.9 Å². The van der Waals surface area contributed by atoms with Gasteiger partial charge in [-0.05, 0) is 29.3 Å². The second kappa shape index (κ2) is 6.78. The molecular weight excluding hydrogens is 369 g/mol. The number of carbonyl (C=O) groups is 1. The Kier molecular flexibility index (Phi) is 4.47. The summed E-state index contributed by atoms with van der Waals surface area (Å²) in [6, 6.07) is 15.3. The van der Waals surface area contributed by atoms with Crippen LogP contribution in [0.25, 0.3) is 0 Å². The number of hydrogen-bond donors (Lipinski definition) is 0. The Morgan fingerprint density at radius 1 is 1.08 bits per heavy atom. The minimum Gasteiger partial charge on any atom is -0.327 e. The minimum atomic E-state index is -0.0812. The Balaban J connectivity index is 1.71. The maximum atomic E-state index is 13.0. The van der Waals surface area contributed by atoms with Crippen molar-refractivity contribution in [3.05, 3.63) is 87.2 Å². The van der Waals surface area contributed by atoms with Crippen LogP contribution < -0.4 is 0 Å². The summed E-state index contributed by atoms with van der Waals surface area (Å²) in [6.07, 6.45) is 2.26. The molecule has 2 aromatic carbocycles. The average molecular weight is 386 g/mol. The summed E-state index contributed by atoms with van der Waals surface area (Å²) in [7, 11) is 1.87. The molecule has 0 radical (unpaired) electrons. The standard InChI is InChI=1S/C20H17Cl2N3O/c1-24-19(17(22)11-23-24)10-18-15-4-2-3-5-16(15)20(26)25(18)12-13-6-8-14(21)9-7-13/h2-9,11,18H,10,12H2,1H3. The van der Waals surface area contributed by atoms with Gasteiger partial charge in [-0.3, -0.25) is 9.48 Å². The first kappa shape index (κ1) is 17.1. The third kappa shape index (κ3) is 3.00. The molecule has 6 heteroatoms. The van der Waals surface area contributed by atoms with E-state index in [2.05, 4.69) is 5.10 Å². The second-order valence-electron chi connectivity index (χ2n) is 6.43. The lowest BCUT2D eigenvalue weighted by atomic mass is 10.0. The van der Waals surface area contributed by atoms with Crippen molar-refractivity contribution < 1.29 is 4.79 Å². The van der Waals surface area contributed by atoms with Gasteiger partial charge in [0.1, 0.15) is 0 Å². The Labute approximate surface area is 161 Å². The van der Waals surface area contributed by atoms with Crippen molar-refractivity contribution in [1.29, 1.82) is 0 Å². The predicted molar refractivity (Wildman–Crippen MR) is 102 cm³/mol. The molecule has 1 unspecified atom stereocenters. The van der Waals surface area contributed by atoms with Crippen molar-refractivity contribution in [3.8, 4) is 0 Å². The van der Waals surface area contributed by atoms with Gasteiger partial charge in [-0.2, -0.15) is 5.10 Å². The van der Waals surface area contributed by atoms with Crippen molar-refractivity contribution in [1.82, 2.24) is 14.7 Å². The van der Waals surface area contributed by atoms with E-state index in [4.69, 9.17) is 23.2 Å². The fourth-order valence-corrected chi connectivity index (χ4v) is 3.85. The number of aryl methyl sites for hydroxylation is 1. The first-order valence-corrected chi connectivity index (χ1v) is 9.11. The smallest absolute Gasteiger partial charge is 0.255 e. The molecule has 4 nitrogen and oxygen atoms in total. The maximum Gasteiger partial charge on any atom is 0.255 e. The van der Waals surface area contributed by atoms with Crippen molar-refractivity contribution in [3.63, 3.8) is 0 Å². The average Bonchev–Trinajstić information content (AvgIpc) is 3.10. The van der Waals surface area contributed by atoms with Crippen molar-refractivity contribution in [2.75, 3.05) is 0 Å². The number of nitrogens with zero attached hydrogens (tertiary/aromatic N) is 3.